The van der Waals surface area contributed by atoms with Crippen LogP contribution in [0.25, 0.3) is 0 Å². The highest BCUT2D eigenvalue weighted by molar-refractivity contribution is 5.84. The molecule has 23 heavy (non-hydrogen) atoms. The van der Waals surface area contributed by atoms with E-state index < -0.39 is 18.1 Å². The third-order valence-electron chi connectivity index (χ3n) is 4.37. The van der Waals surface area contributed by atoms with Crippen LogP contribution < -0.4 is 10.2 Å². The number of aliphatic carboxylic acids is 1. The lowest BCUT2D eigenvalue weighted by atomic mass is 10.1. The third-order valence-corrected chi connectivity index (χ3v) is 4.37. The quantitative estimate of drug-likeness (QED) is 0.819. The van der Waals surface area contributed by atoms with Crippen molar-refractivity contribution in [3.63, 3.8) is 0 Å². The summed E-state index contributed by atoms with van der Waals surface area (Å²) in [5, 5.41) is 11.8. The molecule has 2 aliphatic rings. The second kappa shape index (κ2) is 6.49. The van der Waals surface area contributed by atoms with Gasteiger partial charge in [0.1, 0.15) is 6.04 Å². The first kappa shape index (κ1) is 15.7. The van der Waals surface area contributed by atoms with E-state index in [-0.39, 0.29) is 11.7 Å². The van der Waals surface area contributed by atoms with Crippen LogP contribution in [0.3, 0.4) is 0 Å². The predicted octanol–water partition coefficient (Wildman–Crippen LogP) is 0.0745. The molecule has 1 amide bonds. The number of carbonyl (C=O) groups is 2. The van der Waals surface area contributed by atoms with Gasteiger partial charge in [-0.15, -0.1) is 0 Å². The van der Waals surface area contributed by atoms with Crippen molar-refractivity contribution in [2.45, 2.75) is 24.9 Å². The van der Waals surface area contributed by atoms with Crippen molar-refractivity contribution >= 4 is 17.7 Å². The van der Waals surface area contributed by atoms with Crippen molar-refractivity contribution in [1.82, 2.24) is 15.2 Å². The first-order valence-corrected chi connectivity index (χ1v) is 7.69. The molecule has 2 aliphatic heterocycles. The molecule has 0 aromatic carbocycles. The van der Waals surface area contributed by atoms with E-state index in [0.717, 1.165) is 0 Å². The molecule has 7 nitrogen and oxygen atoms in total. The maximum Gasteiger partial charge on any atom is 0.320 e. The Bertz CT molecular complexity index is 604. The number of hydrogen-bond acceptors (Lipinski definition) is 5. The van der Waals surface area contributed by atoms with Crippen LogP contribution in [-0.4, -0.2) is 65.1 Å². The Morgan fingerprint density at radius 1 is 1.22 bits per heavy atom. The fourth-order valence-corrected chi connectivity index (χ4v) is 3.10. The van der Waals surface area contributed by atoms with Crippen molar-refractivity contribution in [3.05, 3.63) is 24.1 Å². The van der Waals surface area contributed by atoms with E-state index in [1.54, 1.807) is 17.2 Å². The molecule has 2 saturated heterocycles. The van der Waals surface area contributed by atoms with Crippen LogP contribution >= 0.6 is 0 Å². The van der Waals surface area contributed by atoms with Gasteiger partial charge in [0.15, 0.2) is 11.6 Å². The highest BCUT2D eigenvalue weighted by Gasteiger charge is 2.36. The largest absolute Gasteiger partial charge is 0.480 e. The summed E-state index contributed by atoms with van der Waals surface area (Å²) in [6.07, 6.45) is 2.54. The normalized spacial score (nSPS) is 24.7. The van der Waals surface area contributed by atoms with E-state index in [9.17, 15) is 14.0 Å². The molecule has 1 aromatic heterocycles. The number of nitrogens with zero attached hydrogens (tertiary/aromatic N) is 3. The fourth-order valence-electron chi connectivity index (χ4n) is 3.10. The summed E-state index contributed by atoms with van der Waals surface area (Å²) in [4.78, 5) is 31.0. The Morgan fingerprint density at radius 3 is 2.52 bits per heavy atom. The van der Waals surface area contributed by atoms with Gasteiger partial charge in [-0.25, -0.2) is 9.37 Å². The van der Waals surface area contributed by atoms with Gasteiger partial charge in [-0.2, -0.15) is 0 Å². The maximum absolute atomic E-state index is 13.7. The average molecular weight is 322 g/mol. The zero-order valence-corrected chi connectivity index (χ0v) is 12.6. The van der Waals surface area contributed by atoms with Gasteiger partial charge >= 0.3 is 5.97 Å². The van der Waals surface area contributed by atoms with Crippen LogP contribution in [0.2, 0.25) is 0 Å². The van der Waals surface area contributed by atoms with Crippen molar-refractivity contribution in [1.29, 1.82) is 0 Å². The summed E-state index contributed by atoms with van der Waals surface area (Å²) in [5.41, 5.74) is 0. The first-order chi connectivity index (χ1) is 11.1. The summed E-state index contributed by atoms with van der Waals surface area (Å²) in [7, 11) is 0. The molecule has 2 fully saturated rings. The van der Waals surface area contributed by atoms with Crippen molar-refractivity contribution in [2.24, 2.45) is 0 Å². The van der Waals surface area contributed by atoms with Gasteiger partial charge in [-0.1, -0.05) is 0 Å². The number of piperazine rings is 1. The Kier molecular flexibility index (Phi) is 4.42. The number of rotatable bonds is 3. The lowest BCUT2D eigenvalue weighted by molar-refractivity contribution is -0.139. The number of pyridine rings is 1. The summed E-state index contributed by atoms with van der Waals surface area (Å²) in [6.45, 7) is 1.97. The molecule has 2 N–H and O–H groups in total. The van der Waals surface area contributed by atoms with Gasteiger partial charge in [0.05, 0.1) is 6.04 Å². The van der Waals surface area contributed by atoms with Crippen LogP contribution in [0.15, 0.2) is 18.3 Å². The number of halogens is 1. The summed E-state index contributed by atoms with van der Waals surface area (Å²) in [6, 6.07) is 1.83. The number of amides is 1. The number of carbonyl (C=O) groups excluding carboxylic acids is 1. The molecule has 0 saturated carbocycles. The molecular formula is C15H19FN4O3. The molecule has 2 atom stereocenters. The second-order valence-corrected chi connectivity index (χ2v) is 5.81. The number of nitrogens with one attached hydrogen (secondary N) is 1. The van der Waals surface area contributed by atoms with Gasteiger partial charge in [0.25, 0.3) is 0 Å². The summed E-state index contributed by atoms with van der Waals surface area (Å²) < 4.78 is 13.7. The van der Waals surface area contributed by atoms with E-state index in [1.165, 1.54) is 6.07 Å². The highest BCUT2D eigenvalue weighted by Crippen LogP contribution is 2.19. The van der Waals surface area contributed by atoms with Crippen LogP contribution in [0, 0.1) is 5.82 Å². The van der Waals surface area contributed by atoms with Crippen molar-refractivity contribution in [3.8, 4) is 0 Å². The molecule has 0 unspecified atom stereocenters. The molecule has 0 spiro atoms. The molecule has 0 aliphatic carbocycles. The van der Waals surface area contributed by atoms with Crippen LogP contribution in [0.1, 0.15) is 12.8 Å². The van der Waals surface area contributed by atoms with E-state index in [4.69, 9.17) is 5.11 Å². The topological polar surface area (TPSA) is 85.8 Å². The van der Waals surface area contributed by atoms with Gasteiger partial charge in [-0.05, 0) is 25.0 Å². The Hall–Kier alpha value is -2.22. The van der Waals surface area contributed by atoms with Gasteiger partial charge in [-0.3, -0.25) is 14.9 Å². The lowest BCUT2D eigenvalue weighted by Gasteiger charge is -2.36. The maximum atomic E-state index is 13.7. The standard InChI is InChI=1S/C15H19FN4O3/c16-10-2-1-5-17-13(10)19-6-8-20(9-7-19)14(21)11-3-4-12(18-11)15(22)23/h1-2,5,11-12,18H,3-4,6-9H2,(H,22,23)/t11-,12+/m1/s1. The van der Waals surface area contributed by atoms with E-state index in [1.807, 2.05) is 4.90 Å². The number of aromatic nitrogens is 1. The van der Waals surface area contributed by atoms with E-state index in [2.05, 4.69) is 10.3 Å². The van der Waals surface area contributed by atoms with E-state index >= 15 is 0 Å². The third kappa shape index (κ3) is 3.26. The number of hydrogen-bond donors (Lipinski definition) is 2. The summed E-state index contributed by atoms with van der Waals surface area (Å²) >= 11 is 0. The average Bonchev–Trinajstić information content (AvgIpc) is 3.05. The minimum atomic E-state index is -0.921. The molecular weight excluding hydrogens is 303 g/mol. The van der Waals surface area contributed by atoms with Crippen LogP contribution in [-0.2, 0) is 9.59 Å². The molecule has 3 rings (SSSR count). The lowest BCUT2D eigenvalue weighted by Crippen LogP contribution is -2.54. The molecule has 0 bridgehead atoms. The monoisotopic (exact) mass is 322 g/mol. The van der Waals surface area contributed by atoms with Crippen molar-refractivity contribution < 1.29 is 19.1 Å². The SMILES string of the molecule is O=C(O)[C@@H]1CC[C@H](C(=O)N2CCN(c3ncccc3F)CC2)N1. The Labute approximate surface area is 133 Å². The minimum Gasteiger partial charge on any atom is -0.480 e. The predicted molar refractivity (Wildman–Crippen MR) is 80.6 cm³/mol. The molecule has 3 heterocycles. The van der Waals surface area contributed by atoms with Crippen LogP contribution in [0.4, 0.5) is 10.2 Å². The molecule has 124 valence electrons. The van der Waals surface area contributed by atoms with Gasteiger partial charge < -0.3 is 14.9 Å². The van der Waals surface area contributed by atoms with Crippen molar-refractivity contribution in [2.75, 3.05) is 31.1 Å². The number of carboxylic acids is 1. The molecule has 0 radical (unpaired) electrons. The summed E-state index contributed by atoms with van der Waals surface area (Å²) in [5.74, 6) is -1.05. The Balaban J connectivity index is 1.56. The number of carboxylic acid groups (broad SMARTS) is 1. The molecule has 8 heteroatoms. The van der Waals surface area contributed by atoms with Gasteiger partial charge in [0.2, 0.25) is 5.91 Å². The first-order valence-electron chi connectivity index (χ1n) is 7.69. The smallest absolute Gasteiger partial charge is 0.320 e. The Morgan fingerprint density at radius 2 is 1.91 bits per heavy atom. The highest BCUT2D eigenvalue weighted by atomic mass is 19.1. The fraction of sp³-hybridized carbons (Fsp3) is 0.533. The van der Waals surface area contributed by atoms with Gasteiger partial charge in [0, 0.05) is 32.4 Å². The van der Waals surface area contributed by atoms with Crippen LogP contribution in [0.5, 0.6) is 0 Å². The minimum absolute atomic E-state index is 0.0742. The molecule has 1 aromatic rings. The van der Waals surface area contributed by atoms with E-state index in [0.29, 0.717) is 44.8 Å². The zero-order valence-electron chi connectivity index (χ0n) is 12.6. The zero-order chi connectivity index (χ0) is 16.4. The second-order valence-electron chi connectivity index (χ2n) is 5.81. The number of anilines is 1.